The number of hydrogen-bond acceptors (Lipinski definition) is 4. The molecule has 0 aliphatic carbocycles. The van der Waals surface area contributed by atoms with Gasteiger partial charge in [0.1, 0.15) is 22.8 Å². The number of ketones is 1. The summed E-state index contributed by atoms with van der Waals surface area (Å²) in [6, 6.07) is 3.39. The maximum atomic E-state index is 12.5. The van der Waals surface area contributed by atoms with Gasteiger partial charge in [0.15, 0.2) is 5.78 Å². The summed E-state index contributed by atoms with van der Waals surface area (Å²) in [7, 11) is 7.21. The van der Waals surface area contributed by atoms with Crippen molar-refractivity contribution in [2.45, 2.75) is 25.4 Å². The summed E-state index contributed by atoms with van der Waals surface area (Å²) in [5.74, 6) is 1.55. The minimum Gasteiger partial charge on any atom is -0.496 e. The Labute approximate surface area is 116 Å². The molecule has 4 nitrogen and oxygen atoms in total. The largest absolute Gasteiger partial charge is 0.496 e. The van der Waals surface area contributed by atoms with Crippen molar-refractivity contribution in [1.82, 2.24) is 0 Å². The van der Waals surface area contributed by atoms with E-state index >= 15 is 0 Å². The van der Waals surface area contributed by atoms with Crippen LogP contribution in [0.5, 0.6) is 17.2 Å². The standard InChI is InChI=1S/C14H21O4P/c1-5-6-12(19)14(15)13-10(17-3)7-9(16-2)8-11(13)18-4/h7-8,12H,5-6,19H2,1-4H3. The quantitative estimate of drug-likeness (QED) is 0.570. The minimum absolute atomic E-state index is 0.00297. The van der Waals surface area contributed by atoms with Crippen molar-refractivity contribution in [3.05, 3.63) is 17.7 Å². The van der Waals surface area contributed by atoms with Crippen LogP contribution in [0.15, 0.2) is 12.1 Å². The number of benzene rings is 1. The molecule has 106 valence electrons. The molecule has 1 rings (SSSR count). The summed E-state index contributed by atoms with van der Waals surface area (Å²) in [4.78, 5) is 12.5. The van der Waals surface area contributed by atoms with Crippen LogP contribution in [0, 0.1) is 0 Å². The average Bonchev–Trinajstić information content (AvgIpc) is 2.44. The molecular weight excluding hydrogens is 263 g/mol. The second-order valence-electron chi connectivity index (χ2n) is 4.17. The van der Waals surface area contributed by atoms with Crippen LogP contribution in [-0.2, 0) is 0 Å². The van der Waals surface area contributed by atoms with Crippen LogP contribution in [-0.4, -0.2) is 32.8 Å². The SMILES string of the molecule is CCCC(P)C(=O)c1c(OC)cc(OC)cc1OC. The Morgan fingerprint density at radius 3 is 2.05 bits per heavy atom. The zero-order valence-electron chi connectivity index (χ0n) is 11.9. The Hall–Kier alpha value is -1.28. The van der Waals surface area contributed by atoms with Crippen LogP contribution in [0.4, 0.5) is 0 Å². The molecule has 0 spiro atoms. The van der Waals surface area contributed by atoms with E-state index in [1.54, 1.807) is 19.2 Å². The van der Waals surface area contributed by atoms with Crippen LogP contribution in [0.3, 0.4) is 0 Å². The monoisotopic (exact) mass is 284 g/mol. The molecule has 0 fully saturated rings. The highest BCUT2D eigenvalue weighted by atomic mass is 31.0. The molecule has 0 aromatic heterocycles. The van der Waals surface area contributed by atoms with E-state index in [9.17, 15) is 4.79 Å². The van der Waals surface area contributed by atoms with Crippen LogP contribution in [0.2, 0.25) is 0 Å². The molecular formula is C14H21O4P. The third-order valence-corrected chi connectivity index (χ3v) is 3.53. The third kappa shape index (κ3) is 3.60. The number of ether oxygens (including phenoxy) is 3. The van der Waals surface area contributed by atoms with Crippen molar-refractivity contribution >= 4 is 15.0 Å². The van der Waals surface area contributed by atoms with E-state index in [2.05, 4.69) is 9.24 Å². The highest BCUT2D eigenvalue weighted by Gasteiger charge is 2.24. The second kappa shape index (κ2) is 7.34. The zero-order valence-corrected chi connectivity index (χ0v) is 13.0. The van der Waals surface area contributed by atoms with Crippen molar-refractivity contribution in [2.75, 3.05) is 21.3 Å². The van der Waals surface area contributed by atoms with Gasteiger partial charge in [0.25, 0.3) is 0 Å². The average molecular weight is 284 g/mol. The molecule has 0 heterocycles. The molecule has 0 radical (unpaired) electrons. The Balaban J connectivity index is 3.27. The predicted octanol–water partition coefficient (Wildman–Crippen LogP) is 2.94. The molecule has 0 bridgehead atoms. The Kier molecular flexibility index (Phi) is 6.10. The first-order chi connectivity index (χ1) is 9.08. The topological polar surface area (TPSA) is 44.8 Å². The molecule has 1 aromatic carbocycles. The first kappa shape index (κ1) is 15.8. The maximum absolute atomic E-state index is 12.5. The van der Waals surface area contributed by atoms with Gasteiger partial charge in [0.2, 0.25) is 0 Å². The highest BCUT2D eigenvalue weighted by Crippen LogP contribution is 2.36. The smallest absolute Gasteiger partial charge is 0.177 e. The summed E-state index contributed by atoms with van der Waals surface area (Å²) in [6.07, 6.45) is 1.75. The van der Waals surface area contributed by atoms with Gasteiger partial charge in [0, 0.05) is 17.8 Å². The molecule has 0 N–H and O–H groups in total. The number of carbonyl (C=O) groups excluding carboxylic acids is 1. The Morgan fingerprint density at radius 1 is 1.16 bits per heavy atom. The summed E-state index contributed by atoms with van der Waals surface area (Å²) in [5, 5.41) is 0. The molecule has 0 amide bonds. The molecule has 19 heavy (non-hydrogen) atoms. The molecule has 0 saturated carbocycles. The lowest BCUT2D eigenvalue weighted by molar-refractivity contribution is 0.0980. The van der Waals surface area contributed by atoms with Gasteiger partial charge in [-0.25, -0.2) is 0 Å². The molecule has 2 atom stereocenters. The van der Waals surface area contributed by atoms with Gasteiger partial charge in [-0.3, -0.25) is 4.79 Å². The zero-order chi connectivity index (χ0) is 14.4. The fourth-order valence-electron chi connectivity index (χ4n) is 1.88. The minimum atomic E-state index is -0.138. The molecule has 0 aliphatic rings. The van der Waals surface area contributed by atoms with Crippen molar-refractivity contribution in [1.29, 1.82) is 0 Å². The number of methoxy groups -OCH3 is 3. The van der Waals surface area contributed by atoms with E-state index in [0.717, 1.165) is 12.8 Å². The first-order valence-corrected chi connectivity index (χ1v) is 6.85. The van der Waals surface area contributed by atoms with E-state index in [0.29, 0.717) is 22.8 Å². The van der Waals surface area contributed by atoms with Crippen LogP contribution < -0.4 is 14.2 Å². The van der Waals surface area contributed by atoms with Crippen molar-refractivity contribution < 1.29 is 19.0 Å². The number of Topliss-reactive ketones (excluding diaryl/α,β-unsaturated/α-hetero) is 1. The lowest BCUT2D eigenvalue weighted by Crippen LogP contribution is -2.16. The summed E-state index contributed by atoms with van der Waals surface area (Å²) < 4.78 is 15.7. The van der Waals surface area contributed by atoms with Gasteiger partial charge in [0.05, 0.1) is 21.3 Å². The summed E-state index contributed by atoms with van der Waals surface area (Å²) in [6.45, 7) is 2.05. The molecule has 2 unspecified atom stereocenters. The normalized spacial score (nSPS) is 11.8. The molecule has 0 aliphatic heterocycles. The van der Waals surface area contributed by atoms with Crippen LogP contribution >= 0.6 is 9.24 Å². The van der Waals surface area contributed by atoms with Gasteiger partial charge in [-0.1, -0.05) is 13.3 Å². The number of hydrogen-bond donors (Lipinski definition) is 0. The van der Waals surface area contributed by atoms with Crippen molar-refractivity contribution in [3.63, 3.8) is 0 Å². The summed E-state index contributed by atoms with van der Waals surface area (Å²) in [5.41, 5.74) is 0.334. The van der Waals surface area contributed by atoms with Gasteiger partial charge in [-0.15, -0.1) is 9.24 Å². The van der Waals surface area contributed by atoms with E-state index in [1.165, 1.54) is 14.2 Å². The molecule has 1 aromatic rings. The molecule has 0 saturated heterocycles. The van der Waals surface area contributed by atoms with E-state index in [-0.39, 0.29) is 11.4 Å². The fraction of sp³-hybridized carbons (Fsp3) is 0.500. The third-order valence-electron chi connectivity index (χ3n) is 2.90. The predicted molar refractivity (Wildman–Crippen MR) is 78.8 cm³/mol. The Morgan fingerprint density at radius 2 is 1.68 bits per heavy atom. The Bertz CT molecular complexity index is 420. The lowest BCUT2D eigenvalue weighted by Gasteiger charge is -2.16. The lowest BCUT2D eigenvalue weighted by atomic mass is 10.0. The first-order valence-electron chi connectivity index (χ1n) is 6.18. The maximum Gasteiger partial charge on any atom is 0.177 e. The van der Waals surface area contributed by atoms with Gasteiger partial charge < -0.3 is 14.2 Å². The van der Waals surface area contributed by atoms with Gasteiger partial charge in [-0.2, -0.15) is 0 Å². The number of rotatable bonds is 7. The van der Waals surface area contributed by atoms with Crippen molar-refractivity contribution in [3.8, 4) is 17.2 Å². The van der Waals surface area contributed by atoms with E-state index < -0.39 is 0 Å². The van der Waals surface area contributed by atoms with Crippen molar-refractivity contribution in [2.24, 2.45) is 0 Å². The molecule has 5 heteroatoms. The van der Waals surface area contributed by atoms with E-state index in [1.807, 2.05) is 6.92 Å². The fourth-order valence-corrected chi connectivity index (χ4v) is 2.38. The number of carbonyl (C=O) groups is 1. The van der Waals surface area contributed by atoms with Gasteiger partial charge in [-0.05, 0) is 6.42 Å². The van der Waals surface area contributed by atoms with Crippen LogP contribution in [0.1, 0.15) is 30.1 Å². The summed E-state index contributed by atoms with van der Waals surface area (Å²) >= 11 is 0. The van der Waals surface area contributed by atoms with Crippen LogP contribution in [0.25, 0.3) is 0 Å². The van der Waals surface area contributed by atoms with E-state index in [4.69, 9.17) is 14.2 Å². The van der Waals surface area contributed by atoms with Gasteiger partial charge >= 0.3 is 0 Å². The highest BCUT2D eigenvalue weighted by molar-refractivity contribution is 7.19. The second-order valence-corrected chi connectivity index (χ2v) is 4.97.